The standard InChI is InChI=1S/C16H25ClN2O2/c1-4-18-7-9-19(10-8-18)12-14(17)13-5-6-15(20-2)16(11-13)21-3/h5-6,11,14H,4,7-10,12H2,1-3H3. The summed E-state index contributed by atoms with van der Waals surface area (Å²) in [7, 11) is 3.29. The van der Waals surface area contributed by atoms with Crippen molar-refractivity contribution in [2.75, 3.05) is 53.5 Å². The topological polar surface area (TPSA) is 24.9 Å². The lowest BCUT2D eigenvalue weighted by molar-refractivity contribution is 0.137. The second kappa shape index (κ2) is 7.87. The van der Waals surface area contributed by atoms with Gasteiger partial charge < -0.3 is 14.4 Å². The van der Waals surface area contributed by atoms with Crippen LogP contribution in [0.15, 0.2) is 18.2 Å². The molecular weight excluding hydrogens is 288 g/mol. The predicted molar refractivity (Wildman–Crippen MR) is 86.7 cm³/mol. The van der Waals surface area contributed by atoms with Crippen LogP contribution in [0.2, 0.25) is 0 Å². The Hall–Kier alpha value is -0.970. The Kier molecular flexibility index (Phi) is 6.15. The van der Waals surface area contributed by atoms with Crippen LogP contribution in [0, 0.1) is 0 Å². The number of halogens is 1. The molecule has 1 unspecified atom stereocenters. The molecule has 5 heteroatoms. The maximum atomic E-state index is 6.58. The van der Waals surface area contributed by atoms with E-state index in [4.69, 9.17) is 21.1 Å². The number of likely N-dealkylation sites (N-methyl/N-ethyl adjacent to an activating group) is 1. The molecule has 4 nitrogen and oxygen atoms in total. The van der Waals surface area contributed by atoms with Crippen LogP contribution in [-0.4, -0.2) is 63.3 Å². The van der Waals surface area contributed by atoms with E-state index in [1.54, 1.807) is 14.2 Å². The minimum atomic E-state index is -0.0296. The van der Waals surface area contributed by atoms with E-state index in [1.807, 2.05) is 18.2 Å². The van der Waals surface area contributed by atoms with E-state index in [9.17, 15) is 0 Å². The maximum absolute atomic E-state index is 6.58. The molecule has 1 aliphatic rings. The minimum absolute atomic E-state index is 0.0296. The normalized spacial score (nSPS) is 18.5. The van der Waals surface area contributed by atoms with Crippen molar-refractivity contribution in [1.82, 2.24) is 9.80 Å². The highest BCUT2D eigenvalue weighted by Crippen LogP contribution is 2.32. The highest BCUT2D eigenvalue weighted by Gasteiger charge is 2.20. The molecule has 0 aromatic heterocycles. The first-order valence-corrected chi connectivity index (χ1v) is 7.92. The quantitative estimate of drug-likeness (QED) is 0.754. The summed E-state index contributed by atoms with van der Waals surface area (Å²) in [6, 6.07) is 5.90. The van der Waals surface area contributed by atoms with Crippen molar-refractivity contribution in [1.29, 1.82) is 0 Å². The van der Waals surface area contributed by atoms with Gasteiger partial charge in [0.2, 0.25) is 0 Å². The van der Waals surface area contributed by atoms with Gasteiger partial charge in [0.15, 0.2) is 11.5 Å². The van der Waals surface area contributed by atoms with Gasteiger partial charge in [0.1, 0.15) is 0 Å². The van der Waals surface area contributed by atoms with E-state index in [2.05, 4.69) is 16.7 Å². The molecule has 1 aromatic rings. The molecule has 0 spiro atoms. The fourth-order valence-electron chi connectivity index (χ4n) is 2.67. The van der Waals surface area contributed by atoms with Gasteiger partial charge in [-0.15, -0.1) is 11.6 Å². The predicted octanol–water partition coefficient (Wildman–Crippen LogP) is 2.62. The molecule has 1 saturated heterocycles. The lowest BCUT2D eigenvalue weighted by Crippen LogP contribution is -2.46. The van der Waals surface area contributed by atoms with Crippen LogP contribution in [0.5, 0.6) is 11.5 Å². The number of rotatable bonds is 6. The van der Waals surface area contributed by atoms with Crippen LogP contribution in [-0.2, 0) is 0 Å². The van der Waals surface area contributed by atoms with Gasteiger partial charge >= 0.3 is 0 Å². The first-order chi connectivity index (χ1) is 10.2. The molecule has 118 valence electrons. The largest absolute Gasteiger partial charge is 0.493 e. The number of hydrogen-bond acceptors (Lipinski definition) is 4. The number of alkyl halides is 1. The minimum Gasteiger partial charge on any atom is -0.493 e. The Balaban J connectivity index is 1.95. The van der Waals surface area contributed by atoms with Gasteiger partial charge in [0, 0.05) is 32.7 Å². The Bertz CT molecular complexity index is 448. The van der Waals surface area contributed by atoms with E-state index < -0.39 is 0 Å². The molecule has 1 aromatic carbocycles. The number of nitrogens with zero attached hydrogens (tertiary/aromatic N) is 2. The number of ether oxygens (including phenoxy) is 2. The molecule has 21 heavy (non-hydrogen) atoms. The average Bonchev–Trinajstić information content (AvgIpc) is 2.54. The maximum Gasteiger partial charge on any atom is 0.161 e. The second-order valence-corrected chi connectivity index (χ2v) is 5.84. The third kappa shape index (κ3) is 4.25. The third-order valence-electron chi connectivity index (χ3n) is 4.10. The van der Waals surface area contributed by atoms with Gasteiger partial charge in [-0.2, -0.15) is 0 Å². The van der Waals surface area contributed by atoms with Crippen LogP contribution >= 0.6 is 11.6 Å². The summed E-state index contributed by atoms with van der Waals surface area (Å²) in [4.78, 5) is 4.90. The number of piperazine rings is 1. The van der Waals surface area contributed by atoms with Crippen molar-refractivity contribution in [2.24, 2.45) is 0 Å². The average molecular weight is 313 g/mol. The zero-order chi connectivity index (χ0) is 15.2. The fraction of sp³-hybridized carbons (Fsp3) is 0.625. The third-order valence-corrected chi connectivity index (χ3v) is 4.49. The molecule has 0 radical (unpaired) electrons. The van der Waals surface area contributed by atoms with Crippen molar-refractivity contribution < 1.29 is 9.47 Å². The molecule has 0 bridgehead atoms. The molecule has 0 N–H and O–H groups in total. The van der Waals surface area contributed by atoms with Crippen molar-refractivity contribution in [3.63, 3.8) is 0 Å². The number of methoxy groups -OCH3 is 2. The zero-order valence-corrected chi connectivity index (χ0v) is 13.9. The van der Waals surface area contributed by atoms with Crippen molar-refractivity contribution in [3.8, 4) is 11.5 Å². The molecule has 1 aliphatic heterocycles. The van der Waals surface area contributed by atoms with E-state index in [1.165, 1.54) is 0 Å². The lowest BCUT2D eigenvalue weighted by Gasteiger charge is -2.35. The highest BCUT2D eigenvalue weighted by atomic mass is 35.5. The molecule has 1 heterocycles. The Morgan fingerprint density at radius 2 is 1.67 bits per heavy atom. The zero-order valence-electron chi connectivity index (χ0n) is 13.1. The molecule has 1 fully saturated rings. The molecule has 1 atom stereocenters. The Labute approximate surface area is 132 Å². The van der Waals surface area contributed by atoms with Crippen LogP contribution in [0.4, 0.5) is 0 Å². The van der Waals surface area contributed by atoms with E-state index in [0.29, 0.717) is 0 Å². The van der Waals surface area contributed by atoms with Crippen LogP contribution in [0.1, 0.15) is 17.9 Å². The summed E-state index contributed by atoms with van der Waals surface area (Å²) in [5.41, 5.74) is 1.08. The van der Waals surface area contributed by atoms with Gasteiger partial charge in [0.25, 0.3) is 0 Å². The lowest BCUT2D eigenvalue weighted by atomic mass is 10.1. The SMILES string of the molecule is CCN1CCN(CC(Cl)c2ccc(OC)c(OC)c2)CC1. The van der Waals surface area contributed by atoms with Gasteiger partial charge in [-0.1, -0.05) is 13.0 Å². The highest BCUT2D eigenvalue weighted by molar-refractivity contribution is 6.21. The summed E-state index contributed by atoms with van der Waals surface area (Å²) in [6.45, 7) is 8.65. The molecule has 0 saturated carbocycles. The summed E-state index contributed by atoms with van der Waals surface area (Å²) < 4.78 is 10.6. The monoisotopic (exact) mass is 312 g/mol. The van der Waals surface area contributed by atoms with Crippen LogP contribution < -0.4 is 9.47 Å². The van der Waals surface area contributed by atoms with E-state index in [-0.39, 0.29) is 5.38 Å². The molecule has 0 aliphatic carbocycles. The Morgan fingerprint density at radius 3 is 2.24 bits per heavy atom. The van der Waals surface area contributed by atoms with Gasteiger partial charge in [-0.05, 0) is 24.2 Å². The van der Waals surface area contributed by atoms with E-state index >= 15 is 0 Å². The summed E-state index contributed by atoms with van der Waals surface area (Å²) in [5, 5.41) is -0.0296. The van der Waals surface area contributed by atoms with E-state index in [0.717, 1.165) is 56.3 Å². The van der Waals surface area contributed by atoms with Gasteiger partial charge in [-0.25, -0.2) is 0 Å². The summed E-state index contributed by atoms with van der Waals surface area (Å²) in [5.74, 6) is 1.47. The van der Waals surface area contributed by atoms with Crippen molar-refractivity contribution >= 4 is 11.6 Å². The van der Waals surface area contributed by atoms with Gasteiger partial charge in [-0.3, -0.25) is 4.90 Å². The summed E-state index contributed by atoms with van der Waals surface area (Å²) >= 11 is 6.58. The fourth-order valence-corrected chi connectivity index (χ4v) is 3.00. The van der Waals surface area contributed by atoms with Gasteiger partial charge in [0.05, 0.1) is 19.6 Å². The van der Waals surface area contributed by atoms with Crippen LogP contribution in [0.25, 0.3) is 0 Å². The van der Waals surface area contributed by atoms with Crippen molar-refractivity contribution in [3.05, 3.63) is 23.8 Å². The molecule has 0 amide bonds. The van der Waals surface area contributed by atoms with Crippen molar-refractivity contribution in [2.45, 2.75) is 12.3 Å². The Morgan fingerprint density at radius 1 is 1.05 bits per heavy atom. The first-order valence-electron chi connectivity index (χ1n) is 7.48. The molecular formula is C16H25ClN2O2. The summed E-state index contributed by atoms with van der Waals surface area (Å²) in [6.07, 6.45) is 0. The first kappa shape index (κ1) is 16.4. The van der Waals surface area contributed by atoms with Crippen LogP contribution in [0.3, 0.4) is 0 Å². The number of benzene rings is 1. The molecule has 2 rings (SSSR count). The smallest absolute Gasteiger partial charge is 0.161 e. The number of hydrogen-bond donors (Lipinski definition) is 0. The second-order valence-electron chi connectivity index (χ2n) is 5.32.